The van der Waals surface area contributed by atoms with Crippen LogP contribution in [0.25, 0.3) is 25.1 Å². The lowest BCUT2D eigenvalue weighted by Gasteiger charge is -2.60. The molecule has 4 aromatic carbocycles. The summed E-state index contributed by atoms with van der Waals surface area (Å²) >= 11 is 0. The summed E-state index contributed by atoms with van der Waals surface area (Å²) in [4.78, 5) is 75.1. The van der Waals surface area contributed by atoms with E-state index in [1.807, 2.05) is 62.3 Å². The van der Waals surface area contributed by atoms with Crippen molar-refractivity contribution in [3.05, 3.63) is 103 Å². The standard InChI is InChI=1S/C20H29F3O7S.C20H32O2.C18H13S.C13H18O5.C12H16O3/c1-4-17(2,3)15(24)30-19-8-12-5-13(9-19)7-18(6-12,11-19)16(25)29-14(20(21,22)23)10-31(26,27)28;1-5-19(3,4)18(21)22-20(6-2)11-14-10-15(20)17-13-8-7-12(9-13)16(14)17;1-2-8-14(9-3-1)19-17-12-6-4-10-15(17)16-11-5-7-13-18(16)19;1-4-13(2,3)12(15)18-9-7-5-6-8(16-7)10(9)17-11(6)14;1-4-12(2,3)11(14)15-10-7-5-9(13)6-8-10/h12-14H,4-11H2,1-3H3,(H,26,27,28);12-17H,5-11H2,1-4H3;1-13H;6-10H,4-5H2,1-3H3;5-8,13H,4H2,1-3H3/q;;+1;;/p-1. The number of hydrogen-bond donors (Lipinski definition) is 1. The number of carbonyl (C=O) groups is 6. The smallest absolute Gasteiger partial charge is 0.426 e. The second kappa shape index (κ2) is 30.1. The minimum Gasteiger partial charge on any atom is -0.748 e. The Morgan fingerprint density at radius 2 is 1.14 bits per heavy atom. The second-order valence-electron chi connectivity index (χ2n) is 34.3. The van der Waals surface area contributed by atoms with Gasteiger partial charge >= 0.3 is 42.0 Å². The van der Waals surface area contributed by atoms with Crippen LogP contribution in [0, 0.1) is 80.3 Å². The van der Waals surface area contributed by atoms with Crippen molar-refractivity contribution in [3.63, 3.8) is 0 Å². The number of alkyl halides is 3. The molecule has 3 aliphatic heterocycles. The molecule has 574 valence electrons. The molecular weight excluding hydrogens is 1390 g/mol. The highest BCUT2D eigenvalue weighted by molar-refractivity contribution is 7.85. The first-order chi connectivity index (χ1) is 49.2. The average molecular weight is 1500 g/mol. The molecule has 10 bridgehead atoms. The van der Waals surface area contributed by atoms with Gasteiger partial charge in [0, 0.05) is 33.6 Å². The molecular formula is C83H107F3O17S2. The van der Waals surface area contributed by atoms with Gasteiger partial charge in [-0.05, 0) is 260 Å². The maximum Gasteiger partial charge on any atom is 0.426 e. The van der Waals surface area contributed by atoms with Crippen LogP contribution in [0.4, 0.5) is 13.2 Å². The van der Waals surface area contributed by atoms with Crippen LogP contribution in [-0.4, -0.2) is 108 Å². The lowest BCUT2D eigenvalue weighted by molar-refractivity contribution is -0.239. The molecule has 11 aliphatic rings. The van der Waals surface area contributed by atoms with Crippen molar-refractivity contribution in [2.45, 2.75) is 247 Å². The van der Waals surface area contributed by atoms with Gasteiger partial charge in [-0.25, -0.2) is 8.42 Å². The summed E-state index contributed by atoms with van der Waals surface area (Å²) in [6, 6.07) is 34.5. The number of esters is 6. The van der Waals surface area contributed by atoms with Gasteiger partial charge in [0.25, 0.3) is 0 Å². The van der Waals surface area contributed by atoms with E-state index in [1.165, 1.54) is 62.9 Å². The fraction of sp³-hybridized carbons (Fsp3) is 0.639. The lowest BCUT2D eigenvalue weighted by Crippen LogP contribution is -2.61. The molecule has 0 radical (unpaired) electrons. The minimum absolute atomic E-state index is 0.00100. The highest BCUT2D eigenvalue weighted by Gasteiger charge is 2.69. The summed E-state index contributed by atoms with van der Waals surface area (Å²) in [5.41, 5.74) is -4.40. The van der Waals surface area contributed by atoms with Crippen molar-refractivity contribution in [3.8, 4) is 16.4 Å². The number of benzene rings is 4. The highest BCUT2D eigenvalue weighted by Crippen LogP contribution is 2.71. The maximum atomic E-state index is 13.3. The monoisotopic (exact) mass is 1500 g/mol. The third-order valence-corrected chi connectivity index (χ3v) is 28.9. The summed E-state index contributed by atoms with van der Waals surface area (Å²) in [5, 5.41) is 11.8. The minimum atomic E-state index is -5.27. The number of halogens is 3. The fourth-order valence-electron chi connectivity index (χ4n) is 18.8. The number of rotatable bonds is 18. The van der Waals surface area contributed by atoms with Crippen LogP contribution in [0.2, 0.25) is 0 Å². The van der Waals surface area contributed by atoms with Crippen molar-refractivity contribution in [1.82, 2.24) is 0 Å². The fourth-order valence-corrected chi connectivity index (χ4v) is 21.8. The zero-order chi connectivity index (χ0) is 76.4. The largest absolute Gasteiger partial charge is 0.748 e. The SMILES string of the molecule is CCC(C)(C)C(=O)OC1(CC)CC2CC1C1C3CCC(C3)C21.CCC(C)(C)C(=O)OC12CC3CC(C1)CC(C(=O)OC(CS(=O)(=O)[O-])C(F)(F)F)(C3)C2.CCC(C)(C)C(=O)OC1C2CC3C(=O)OC1C3O2.CCC(C)(C)C(=O)Oc1ccc(O)cc1.c1ccc(-[s+]2c3ccccc3c3ccccc32)cc1. The molecule has 1 aromatic heterocycles. The van der Waals surface area contributed by atoms with Gasteiger partial charge in [-0.2, -0.15) is 13.2 Å². The Kier molecular flexibility index (Phi) is 22.8. The molecule has 0 spiro atoms. The number of thiophene rings is 1. The molecule has 11 fully saturated rings. The number of ether oxygens (including phenoxy) is 7. The van der Waals surface area contributed by atoms with Crippen LogP contribution >= 0.6 is 10.5 Å². The molecule has 0 amide bonds. The van der Waals surface area contributed by atoms with E-state index >= 15 is 0 Å². The first kappa shape index (κ1) is 79.4. The van der Waals surface area contributed by atoms with Crippen LogP contribution in [0.15, 0.2) is 103 Å². The molecule has 1 N–H and O–H groups in total. The first-order valence-corrected chi connectivity index (χ1v) is 40.8. The van der Waals surface area contributed by atoms with Gasteiger partial charge in [0.05, 0.1) is 55.0 Å². The molecule has 4 heterocycles. The van der Waals surface area contributed by atoms with Gasteiger partial charge < -0.3 is 42.8 Å². The normalized spacial score (nSPS) is 30.8. The zero-order valence-electron chi connectivity index (χ0n) is 63.1. The predicted octanol–water partition coefficient (Wildman–Crippen LogP) is 17.7. The Morgan fingerprint density at radius 1 is 0.619 bits per heavy atom. The molecule has 3 saturated heterocycles. The van der Waals surface area contributed by atoms with Crippen molar-refractivity contribution in [2.75, 3.05) is 5.75 Å². The summed E-state index contributed by atoms with van der Waals surface area (Å²) in [7, 11) is -5.21. The van der Waals surface area contributed by atoms with E-state index < -0.39 is 79.6 Å². The summed E-state index contributed by atoms with van der Waals surface area (Å²) in [5.74, 6) is 1.72. The number of fused-ring (bicyclic) bond motifs is 13. The molecule has 17 nitrogen and oxygen atoms in total. The third kappa shape index (κ3) is 16.3. The Bertz CT molecular complexity index is 4060. The number of hydrogen-bond acceptors (Lipinski definition) is 17. The summed E-state index contributed by atoms with van der Waals surface area (Å²) in [6.07, 6.45) is 4.51. The van der Waals surface area contributed by atoms with E-state index in [4.69, 9.17) is 33.5 Å². The van der Waals surface area contributed by atoms with Crippen LogP contribution < -0.4 is 4.74 Å². The molecule has 8 aliphatic carbocycles. The highest BCUT2D eigenvalue weighted by atomic mass is 32.2. The van der Waals surface area contributed by atoms with Crippen LogP contribution in [0.5, 0.6) is 11.5 Å². The summed E-state index contributed by atoms with van der Waals surface area (Å²) < 4.78 is 114. The lowest BCUT2D eigenvalue weighted by atomic mass is 9.48. The Labute approximate surface area is 619 Å². The van der Waals surface area contributed by atoms with Gasteiger partial charge in [0.2, 0.25) is 6.10 Å². The van der Waals surface area contributed by atoms with Crippen LogP contribution in [-0.2, 0) is 67.3 Å². The molecule has 105 heavy (non-hydrogen) atoms. The van der Waals surface area contributed by atoms with Crippen LogP contribution in [0.3, 0.4) is 0 Å². The van der Waals surface area contributed by atoms with Crippen molar-refractivity contribution in [1.29, 1.82) is 0 Å². The molecule has 22 heteroatoms. The quantitative estimate of drug-likeness (QED) is 0.0214. The van der Waals surface area contributed by atoms with Gasteiger partial charge in [-0.15, -0.1) is 0 Å². The summed E-state index contributed by atoms with van der Waals surface area (Å²) in [6.45, 7) is 25.0. The van der Waals surface area contributed by atoms with Gasteiger partial charge in [0.15, 0.2) is 26.5 Å². The number of carbonyl (C=O) groups excluding carboxylic acids is 6. The molecule has 16 rings (SSSR count). The average Bonchev–Trinajstić information content (AvgIpc) is 1.64. The van der Waals surface area contributed by atoms with Gasteiger partial charge in [0.1, 0.15) is 28.8 Å². The van der Waals surface area contributed by atoms with E-state index in [2.05, 4.69) is 97.4 Å². The van der Waals surface area contributed by atoms with Crippen molar-refractivity contribution >= 4 is 76.6 Å². The topological polar surface area (TPSA) is 244 Å². The van der Waals surface area contributed by atoms with E-state index in [1.54, 1.807) is 26.0 Å². The third-order valence-electron chi connectivity index (χ3n) is 25.8. The molecule has 15 unspecified atom stereocenters. The number of aromatic hydroxyl groups is 1. The van der Waals surface area contributed by atoms with E-state index in [-0.39, 0.29) is 87.5 Å². The van der Waals surface area contributed by atoms with Crippen LogP contribution in [0.1, 0.15) is 199 Å². The zero-order valence-corrected chi connectivity index (χ0v) is 64.7. The van der Waals surface area contributed by atoms with E-state index in [0.29, 0.717) is 56.6 Å². The Hall–Kier alpha value is -6.62. The number of phenolic OH excluding ortho intramolecular Hbond substituents is 1. The molecule has 15 atom stereocenters. The second-order valence-corrected chi connectivity index (χ2v) is 37.7. The van der Waals surface area contributed by atoms with Gasteiger partial charge in [-0.1, -0.05) is 77.1 Å². The Balaban J connectivity index is 0.000000134. The number of phenols is 1. The van der Waals surface area contributed by atoms with Crippen molar-refractivity contribution < 1.29 is 93.2 Å². The van der Waals surface area contributed by atoms with Crippen molar-refractivity contribution in [2.24, 2.45) is 80.3 Å². The van der Waals surface area contributed by atoms with E-state index in [9.17, 15) is 54.9 Å². The Morgan fingerprint density at radius 3 is 1.69 bits per heavy atom. The molecule has 5 aromatic rings. The van der Waals surface area contributed by atoms with E-state index in [0.717, 1.165) is 61.7 Å². The maximum absolute atomic E-state index is 13.3. The predicted molar refractivity (Wildman–Crippen MR) is 391 cm³/mol. The van der Waals surface area contributed by atoms with Gasteiger partial charge in [-0.3, -0.25) is 28.8 Å². The first-order valence-electron chi connectivity index (χ1n) is 38.0. The molecule has 8 saturated carbocycles.